The summed E-state index contributed by atoms with van der Waals surface area (Å²) in [5, 5.41) is 0. The molecule has 1 heterocycles. The Morgan fingerprint density at radius 3 is 2.93 bits per heavy atom. The summed E-state index contributed by atoms with van der Waals surface area (Å²) in [4.78, 5) is 0. The molecule has 0 fully saturated rings. The molecule has 1 atom stereocenters. The maximum absolute atomic E-state index is 5.81. The van der Waals surface area contributed by atoms with Gasteiger partial charge in [0.05, 0.1) is 0 Å². The third kappa shape index (κ3) is 2.21. The van der Waals surface area contributed by atoms with E-state index in [2.05, 4.69) is 18.2 Å². The molecule has 2 rings (SSSR count). The van der Waals surface area contributed by atoms with Crippen molar-refractivity contribution in [3.05, 3.63) is 29.8 Å². The highest BCUT2D eigenvalue weighted by Crippen LogP contribution is 2.29. The highest BCUT2D eigenvalue weighted by atomic mass is 35.5. The monoisotopic (exact) mass is 210 g/mol. The number of halogens is 1. The lowest BCUT2D eigenvalue weighted by Crippen LogP contribution is -2.12. The molecule has 1 nitrogen and oxygen atoms in total. The smallest absolute Gasteiger partial charge is 0.123 e. The second kappa shape index (κ2) is 4.70. The lowest BCUT2D eigenvalue weighted by Gasteiger charge is -2.09. The van der Waals surface area contributed by atoms with Crippen molar-refractivity contribution in [3.63, 3.8) is 0 Å². The summed E-state index contributed by atoms with van der Waals surface area (Å²) in [5.41, 5.74) is 1.35. The van der Waals surface area contributed by atoms with Crippen molar-refractivity contribution < 1.29 is 4.74 Å². The number of fused-ring (bicyclic) bond motifs is 1. The number of benzene rings is 1. The molecule has 0 radical (unpaired) electrons. The Labute approximate surface area is 90.0 Å². The number of unbranched alkanes of at least 4 members (excludes halogenated alkanes) is 1. The average Bonchev–Trinajstić information content (AvgIpc) is 2.60. The fourth-order valence-corrected chi connectivity index (χ4v) is 2.07. The van der Waals surface area contributed by atoms with Gasteiger partial charge in [0, 0.05) is 12.3 Å². The highest BCUT2D eigenvalue weighted by molar-refractivity contribution is 6.17. The van der Waals surface area contributed by atoms with E-state index in [1.54, 1.807) is 0 Å². The molecule has 0 amide bonds. The molecule has 0 N–H and O–H groups in total. The quantitative estimate of drug-likeness (QED) is 0.547. The van der Waals surface area contributed by atoms with E-state index >= 15 is 0 Å². The summed E-state index contributed by atoms with van der Waals surface area (Å²) in [5.74, 6) is 1.84. The molecule has 76 valence electrons. The van der Waals surface area contributed by atoms with Crippen molar-refractivity contribution in [3.8, 4) is 5.75 Å². The number of hydrogen-bond acceptors (Lipinski definition) is 1. The van der Waals surface area contributed by atoms with Gasteiger partial charge < -0.3 is 4.74 Å². The van der Waals surface area contributed by atoms with Crippen LogP contribution in [-0.2, 0) is 6.42 Å². The molecule has 2 heteroatoms. The Morgan fingerprint density at radius 1 is 1.29 bits per heavy atom. The van der Waals surface area contributed by atoms with Gasteiger partial charge in [-0.3, -0.25) is 0 Å². The Balaban J connectivity index is 1.86. The van der Waals surface area contributed by atoms with Crippen molar-refractivity contribution in [1.29, 1.82) is 0 Å². The third-order valence-electron chi connectivity index (χ3n) is 2.62. The molecule has 0 spiro atoms. The Bertz CT molecular complexity index is 273. The molecule has 1 unspecified atom stereocenters. The largest absolute Gasteiger partial charge is 0.490 e. The first-order valence-electron chi connectivity index (χ1n) is 5.20. The summed E-state index contributed by atoms with van der Waals surface area (Å²) >= 11 is 5.64. The van der Waals surface area contributed by atoms with Gasteiger partial charge in [0.25, 0.3) is 0 Å². The molecule has 1 aliphatic heterocycles. The summed E-state index contributed by atoms with van der Waals surface area (Å²) in [6.07, 6.45) is 4.84. The van der Waals surface area contributed by atoms with Crippen molar-refractivity contribution in [2.75, 3.05) is 5.88 Å². The van der Waals surface area contributed by atoms with Crippen molar-refractivity contribution >= 4 is 11.6 Å². The van der Waals surface area contributed by atoms with Crippen LogP contribution >= 0.6 is 11.6 Å². The van der Waals surface area contributed by atoms with Crippen molar-refractivity contribution in [1.82, 2.24) is 0 Å². The number of ether oxygens (including phenoxy) is 1. The lowest BCUT2D eigenvalue weighted by molar-refractivity contribution is 0.217. The number of para-hydroxylation sites is 1. The van der Waals surface area contributed by atoms with E-state index < -0.39 is 0 Å². The Kier molecular flexibility index (Phi) is 3.30. The fraction of sp³-hybridized carbons (Fsp3) is 0.500. The van der Waals surface area contributed by atoms with Gasteiger partial charge in [-0.2, -0.15) is 0 Å². The number of hydrogen-bond donors (Lipinski definition) is 0. The first-order valence-corrected chi connectivity index (χ1v) is 5.74. The summed E-state index contributed by atoms with van der Waals surface area (Å²) in [6.45, 7) is 0. The molecule has 1 aromatic carbocycles. The standard InChI is InChI=1S/C12H15ClO/c13-8-4-3-6-11-9-10-5-1-2-7-12(10)14-11/h1-2,5,7,11H,3-4,6,8-9H2. The molecule has 0 saturated heterocycles. The van der Waals surface area contributed by atoms with E-state index in [0.29, 0.717) is 6.10 Å². The average molecular weight is 211 g/mol. The molecule has 14 heavy (non-hydrogen) atoms. The van der Waals surface area contributed by atoms with Gasteiger partial charge in [0.15, 0.2) is 0 Å². The van der Waals surface area contributed by atoms with Crippen LogP contribution in [0.3, 0.4) is 0 Å². The van der Waals surface area contributed by atoms with E-state index in [1.807, 2.05) is 6.07 Å². The van der Waals surface area contributed by atoms with Crippen LogP contribution in [0, 0.1) is 0 Å². The van der Waals surface area contributed by atoms with Crippen LogP contribution in [0.4, 0.5) is 0 Å². The minimum absolute atomic E-state index is 0.385. The van der Waals surface area contributed by atoms with Gasteiger partial charge in [-0.1, -0.05) is 18.2 Å². The second-order valence-corrected chi connectivity index (χ2v) is 4.11. The van der Waals surface area contributed by atoms with E-state index in [1.165, 1.54) is 12.0 Å². The lowest BCUT2D eigenvalue weighted by atomic mass is 10.1. The van der Waals surface area contributed by atoms with Crippen LogP contribution in [0.2, 0.25) is 0 Å². The van der Waals surface area contributed by atoms with Gasteiger partial charge in [0.1, 0.15) is 11.9 Å². The zero-order valence-corrected chi connectivity index (χ0v) is 8.96. The number of rotatable bonds is 4. The first kappa shape index (κ1) is 9.85. The number of alkyl halides is 1. The van der Waals surface area contributed by atoms with Crippen LogP contribution < -0.4 is 4.74 Å². The molecular formula is C12H15ClO. The molecule has 1 aromatic rings. The van der Waals surface area contributed by atoms with Crippen molar-refractivity contribution in [2.45, 2.75) is 31.8 Å². The van der Waals surface area contributed by atoms with Crippen LogP contribution in [0.1, 0.15) is 24.8 Å². The first-order chi connectivity index (χ1) is 6.90. The summed E-state index contributed by atoms with van der Waals surface area (Å²) in [6, 6.07) is 8.30. The molecule has 0 bridgehead atoms. The van der Waals surface area contributed by atoms with Crippen molar-refractivity contribution in [2.24, 2.45) is 0 Å². The van der Waals surface area contributed by atoms with Gasteiger partial charge in [0.2, 0.25) is 0 Å². The predicted molar refractivity (Wildman–Crippen MR) is 59.1 cm³/mol. The van der Waals surface area contributed by atoms with Crippen LogP contribution in [0.15, 0.2) is 24.3 Å². The molecule has 0 saturated carbocycles. The molecule has 0 aromatic heterocycles. The van der Waals surface area contributed by atoms with Crippen LogP contribution in [0.5, 0.6) is 5.75 Å². The van der Waals surface area contributed by atoms with Crippen LogP contribution in [0.25, 0.3) is 0 Å². The molecule has 1 aliphatic rings. The van der Waals surface area contributed by atoms with E-state index in [-0.39, 0.29) is 0 Å². The van der Waals surface area contributed by atoms with Gasteiger partial charge in [-0.15, -0.1) is 11.6 Å². The van der Waals surface area contributed by atoms with Gasteiger partial charge >= 0.3 is 0 Å². The Hall–Kier alpha value is -0.690. The van der Waals surface area contributed by atoms with Gasteiger partial charge in [-0.05, 0) is 30.9 Å². The topological polar surface area (TPSA) is 9.23 Å². The Morgan fingerprint density at radius 2 is 2.14 bits per heavy atom. The predicted octanol–water partition coefficient (Wildman–Crippen LogP) is 3.40. The summed E-state index contributed by atoms with van der Waals surface area (Å²) in [7, 11) is 0. The minimum atomic E-state index is 0.385. The van der Waals surface area contributed by atoms with E-state index in [0.717, 1.165) is 30.9 Å². The SMILES string of the molecule is ClCCCCC1Cc2ccccc2O1. The zero-order chi connectivity index (χ0) is 9.80. The maximum Gasteiger partial charge on any atom is 0.123 e. The fourth-order valence-electron chi connectivity index (χ4n) is 1.88. The van der Waals surface area contributed by atoms with E-state index in [9.17, 15) is 0 Å². The van der Waals surface area contributed by atoms with Crippen LogP contribution in [-0.4, -0.2) is 12.0 Å². The van der Waals surface area contributed by atoms with Gasteiger partial charge in [-0.25, -0.2) is 0 Å². The highest BCUT2D eigenvalue weighted by Gasteiger charge is 2.21. The molecule has 0 aliphatic carbocycles. The molecular weight excluding hydrogens is 196 g/mol. The third-order valence-corrected chi connectivity index (χ3v) is 2.89. The summed E-state index contributed by atoms with van der Waals surface area (Å²) < 4.78 is 5.81. The normalized spacial score (nSPS) is 19.1. The second-order valence-electron chi connectivity index (χ2n) is 3.74. The maximum atomic E-state index is 5.81. The zero-order valence-electron chi connectivity index (χ0n) is 8.21. The van der Waals surface area contributed by atoms with E-state index in [4.69, 9.17) is 16.3 Å². The minimum Gasteiger partial charge on any atom is -0.490 e.